The van der Waals surface area contributed by atoms with Crippen LogP contribution in [0.15, 0.2) is 12.7 Å². The first-order valence-electron chi connectivity index (χ1n) is 3.32. The second kappa shape index (κ2) is 3.14. The molecule has 5 heteroatoms. The maximum absolute atomic E-state index is 10.6. The van der Waals surface area contributed by atoms with Crippen LogP contribution in [-0.4, -0.2) is 25.8 Å². The molecule has 1 rings (SSSR count). The standard InChI is InChI=1S/C6H9N3O2/c1-2-5(6(10)11)9-3-7-8-4-9/h3-5H,2H2,1H3,(H,10,11). The molecule has 1 aromatic rings. The second-order valence-electron chi connectivity index (χ2n) is 2.17. The fourth-order valence-electron chi connectivity index (χ4n) is 0.883. The molecule has 1 aromatic heterocycles. The fourth-order valence-corrected chi connectivity index (χ4v) is 0.883. The van der Waals surface area contributed by atoms with Crippen molar-refractivity contribution in [3.63, 3.8) is 0 Å². The summed E-state index contributed by atoms with van der Waals surface area (Å²) in [6, 6.07) is -0.537. The summed E-state index contributed by atoms with van der Waals surface area (Å²) in [4.78, 5) is 10.6. The highest BCUT2D eigenvalue weighted by Gasteiger charge is 2.15. The van der Waals surface area contributed by atoms with Crippen molar-refractivity contribution in [2.75, 3.05) is 0 Å². The summed E-state index contributed by atoms with van der Waals surface area (Å²) in [7, 11) is 0. The van der Waals surface area contributed by atoms with E-state index in [0.29, 0.717) is 6.42 Å². The lowest BCUT2D eigenvalue weighted by Crippen LogP contribution is -2.16. The number of carboxylic acids is 1. The normalized spacial score (nSPS) is 12.8. The number of carbonyl (C=O) groups is 1. The molecule has 0 amide bonds. The molecule has 0 aliphatic rings. The molecule has 0 spiro atoms. The van der Waals surface area contributed by atoms with E-state index in [-0.39, 0.29) is 0 Å². The number of nitrogens with zero attached hydrogens (tertiary/aromatic N) is 3. The van der Waals surface area contributed by atoms with Crippen LogP contribution >= 0.6 is 0 Å². The third-order valence-electron chi connectivity index (χ3n) is 1.47. The molecule has 5 nitrogen and oxygen atoms in total. The molecule has 0 fully saturated rings. The van der Waals surface area contributed by atoms with Gasteiger partial charge in [-0.25, -0.2) is 4.79 Å². The Kier molecular flexibility index (Phi) is 2.20. The monoisotopic (exact) mass is 155 g/mol. The van der Waals surface area contributed by atoms with Crippen molar-refractivity contribution in [3.8, 4) is 0 Å². The van der Waals surface area contributed by atoms with Gasteiger partial charge in [-0.2, -0.15) is 0 Å². The Hall–Kier alpha value is -1.39. The van der Waals surface area contributed by atoms with Gasteiger partial charge in [-0.15, -0.1) is 10.2 Å². The Morgan fingerprint density at radius 2 is 2.18 bits per heavy atom. The van der Waals surface area contributed by atoms with Crippen molar-refractivity contribution in [1.82, 2.24) is 14.8 Å². The third kappa shape index (κ3) is 1.54. The molecule has 0 radical (unpaired) electrons. The number of aromatic nitrogens is 3. The molecule has 0 saturated heterocycles. The predicted molar refractivity (Wildman–Crippen MR) is 37.0 cm³/mol. The van der Waals surface area contributed by atoms with Gasteiger partial charge in [-0.3, -0.25) is 0 Å². The van der Waals surface area contributed by atoms with Gasteiger partial charge in [0.05, 0.1) is 0 Å². The van der Waals surface area contributed by atoms with Gasteiger partial charge < -0.3 is 9.67 Å². The maximum atomic E-state index is 10.6. The summed E-state index contributed by atoms with van der Waals surface area (Å²) in [5.74, 6) is -0.854. The lowest BCUT2D eigenvalue weighted by Gasteiger charge is -2.08. The lowest BCUT2D eigenvalue weighted by atomic mass is 10.2. The highest BCUT2D eigenvalue weighted by atomic mass is 16.4. The summed E-state index contributed by atoms with van der Waals surface area (Å²) in [5, 5.41) is 15.7. The Labute approximate surface area is 63.7 Å². The fraction of sp³-hybridized carbons (Fsp3) is 0.500. The number of hydrogen-bond donors (Lipinski definition) is 1. The van der Waals surface area contributed by atoms with Crippen LogP contribution in [0, 0.1) is 0 Å². The van der Waals surface area contributed by atoms with Gasteiger partial charge >= 0.3 is 5.97 Å². The minimum atomic E-state index is -0.854. The number of rotatable bonds is 3. The van der Waals surface area contributed by atoms with E-state index in [1.807, 2.05) is 0 Å². The topological polar surface area (TPSA) is 68.0 Å². The molecule has 60 valence electrons. The van der Waals surface area contributed by atoms with Gasteiger partial charge in [0, 0.05) is 0 Å². The van der Waals surface area contributed by atoms with Crippen molar-refractivity contribution in [3.05, 3.63) is 12.7 Å². The van der Waals surface area contributed by atoms with Crippen molar-refractivity contribution in [2.24, 2.45) is 0 Å². The Bertz CT molecular complexity index is 232. The average molecular weight is 155 g/mol. The Morgan fingerprint density at radius 3 is 2.55 bits per heavy atom. The van der Waals surface area contributed by atoms with Gasteiger partial charge in [0.2, 0.25) is 0 Å². The zero-order valence-corrected chi connectivity index (χ0v) is 6.14. The molecule has 1 atom stereocenters. The summed E-state index contributed by atoms with van der Waals surface area (Å²) in [6.45, 7) is 1.80. The highest BCUT2D eigenvalue weighted by Crippen LogP contribution is 2.08. The van der Waals surface area contributed by atoms with Crippen LogP contribution in [-0.2, 0) is 4.79 Å². The van der Waals surface area contributed by atoms with Crippen LogP contribution in [0.2, 0.25) is 0 Å². The van der Waals surface area contributed by atoms with E-state index in [1.165, 1.54) is 17.2 Å². The van der Waals surface area contributed by atoms with Crippen molar-refractivity contribution in [1.29, 1.82) is 0 Å². The minimum Gasteiger partial charge on any atom is -0.480 e. The summed E-state index contributed by atoms with van der Waals surface area (Å²) >= 11 is 0. The first-order valence-corrected chi connectivity index (χ1v) is 3.32. The molecular formula is C6H9N3O2. The van der Waals surface area contributed by atoms with E-state index in [1.54, 1.807) is 6.92 Å². The van der Waals surface area contributed by atoms with Gasteiger partial charge in [0.15, 0.2) is 0 Å². The maximum Gasteiger partial charge on any atom is 0.326 e. The first kappa shape index (κ1) is 7.71. The first-order chi connectivity index (χ1) is 5.25. The van der Waals surface area contributed by atoms with Gasteiger partial charge in [0.1, 0.15) is 18.7 Å². The van der Waals surface area contributed by atoms with Crippen molar-refractivity contribution in [2.45, 2.75) is 19.4 Å². The molecule has 1 unspecified atom stereocenters. The van der Waals surface area contributed by atoms with Crippen LogP contribution in [0.3, 0.4) is 0 Å². The molecule has 0 aliphatic heterocycles. The van der Waals surface area contributed by atoms with Crippen molar-refractivity contribution < 1.29 is 9.90 Å². The van der Waals surface area contributed by atoms with E-state index in [4.69, 9.17) is 5.11 Å². The van der Waals surface area contributed by atoms with E-state index in [2.05, 4.69) is 10.2 Å². The van der Waals surface area contributed by atoms with Gasteiger partial charge in [0.25, 0.3) is 0 Å². The van der Waals surface area contributed by atoms with E-state index in [9.17, 15) is 4.79 Å². The largest absolute Gasteiger partial charge is 0.480 e. The van der Waals surface area contributed by atoms with Crippen LogP contribution in [0.4, 0.5) is 0 Å². The smallest absolute Gasteiger partial charge is 0.326 e. The molecule has 1 N–H and O–H groups in total. The minimum absolute atomic E-state index is 0.535. The Balaban J connectivity index is 2.79. The summed E-state index contributed by atoms with van der Waals surface area (Å²) < 4.78 is 1.47. The third-order valence-corrected chi connectivity index (χ3v) is 1.47. The lowest BCUT2D eigenvalue weighted by molar-refractivity contribution is -0.141. The van der Waals surface area contributed by atoms with Crippen LogP contribution in [0.5, 0.6) is 0 Å². The average Bonchev–Trinajstić information content (AvgIpc) is 2.40. The second-order valence-corrected chi connectivity index (χ2v) is 2.17. The summed E-state index contributed by atoms with van der Waals surface area (Å²) in [5.41, 5.74) is 0. The van der Waals surface area contributed by atoms with E-state index >= 15 is 0 Å². The number of carboxylic acid groups (broad SMARTS) is 1. The zero-order chi connectivity index (χ0) is 8.27. The zero-order valence-electron chi connectivity index (χ0n) is 6.14. The van der Waals surface area contributed by atoms with Crippen molar-refractivity contribution >= 4 is 5.97 Å². The quantitative estimate of drug-likeness (QED) is 0.682. The van der Waals surface area contributed by atoms with E-state index < -0.39 is 12.0 Å². The number of aliphatic carboxylic acids is 1. The molecular weight excluding hydrogens is 146 g/mol. The van der Waals surface area contributed by atoms with Crippen LogP contribution in [0.1, 0.15) is 19.4 Å². The molecule has 1 heterocycles. The molecule has 11 heavy (non-hydrogen) atoms. The number of hydrogen-bond acceptors (Lipinski definition) is 3. The molecule has 0 aliphatic carbocycles. The highest BCUT2D eigenvalue weighted by molar-refractivity contribution is 5.71. The van der Waals surface area contributed by atoms with Gasteiger partial charge in [-0.05, 0) is 6.42 Å². The SMILES string of the molecule is CCC(C(=O)O)n1cnnc1. The molecule has 0 aromatic carbocycles. The molecule has 0 saturated carbocycles. The summed E-state index contributed by atoms with van der Waals surface area (Å²) in [6.07, 6.45) is 3.35. The molecule has 0 bridgehead atoms. The van der Waals surface area contributed by atoms with Gasteiger partial charge in [-0.1, -0.05) is 6.92 Å². The van der Waals surface area contributed by atoms with Crippen LogP contribution in [0.25, 0.3) is 0 Å². The Morgan fingerprint density at radius 1 is 1.64 bits per heavy atom. The van der Waals surface area contributed by atoms with Crippen LogP contribution < -0.4 is 0 Å². The van der Waals surface area contributed by atoms with E-state index in [0.717, 1.165) is 0 Å². The predicted octanol–water partition coefficient (Wildman–Crippen LogP) is 0.314.